The summed E-state index contributed by atoms with van der Waals surface area (Å²) in [7, 11) is 2.98. The topological polar surface area (TPSA) is 150 Å². The van der Waals surface area contributed by atoms with Crippen molar-refractivity contribution < 1.29 is 28.8 Å². The van der Waals surface area contributed by atoms with Crippen LogP contribution in [0.2, 0.25) is 0 Å². The van der Waals surface area contributed by atoms with E-state index < -0.39 is 44.6 Å². The Kier molecular flexibility index (Phi) is 7.97. The molecule has 1 aromatic heterocycles. The summed E-state index contributed by atoms with van der Waals surface area (Å²) in [4.78, 5) is 66.9. The van der Waals surface area contributed by atoms with E-state index in [4.69, 9.17) is 9.47 Å². The van der Waals surface area contributed by atoms with Crippen molar-refractivity contribution in [3.05, 3.63) is 115 Å². The number of nitro benzene ring substituents is 1. The van der Waals surface area contributed by atoms with Crippen molar-refractivity contribution in [3.63, 3.8) is 0 Å². The van der Waals surface area contributed by atoms with Gasteiger partial charge in [-0.25, -0.2) is 4.90 Å². The number of rotatable bonds is 8. The van der Waals surface area contributed by atoms with Gasteiger partial charge in [-0.3, -0.25) is 33.9 Å². The molecule has 0 bridgehead atoms. The summed E-state index contributed by atoms with van der Waals surface area (Å²) in [6, 6.07) is 23.6. The van der Waals surface area contributed by atoms with E-state index in [0.717, 1.165) is 38.8 Å². The Morgan fingerprint density at radius 1 is 0.896 bits per heavy atom. The summed E-state index contributed by atoms with van der Waals surface area (Å²) in [6.07, 6.45) is 0. The standard InChI is InChI=1S/C34H26N4O8S2/c1-45-24-14-8-20(16-25(24)46-2)27-28-29(32(41)37(31(28)40)22-10-12-23(13-11-22)38(43)44)47-33-30(27)48-34(42)36(33)17-26(39)35-21-9-7-18-5-3-4-6-19(18)15-21/h3-16,27-29H,17H2,1-2H3,(H,35,39)/t27-,28-,29+/m0/s1. The zero-order chi connectivity index (χ0) is 33.7. The summed E-state index contributed by atoms with van der Waals surface area (Å²) in [5, 5.41) is 15.5. The van der Waals surface area contributed by atoms with E-state index in [0.29, 0.717) is 32.7 Å². The molecule has 2 aliphatic rings. The lowest BCUT2D eigenvalue weighted by atomic mass is 9.83. The van der Waals surface area contributed by atoms with Crippen molar-refractivity contribution in [2.24, 2.45) is 5.92 Å². The van der Waals surface area contributed by atoms with Crippen molar-refractivity contribution >= 4 is 68.7 Å². The zero-order valence-electron chi connectivity index (χ0n) is 25.4. The lowest BCUT2D eigenvalue weighted by molar-refractivity contribution is -0.384. The number of amides is 3. The number of thiazole rings is 1. The van der Waals surface area contributed by atoms with Gasteiger partial charge in [-0.2, -0.15) is 0 Å². The highest BCUT2D eigenvalue weighted by atomic mass is 32.2. The second-order valence-electron chi connectivity index (χ2n) is 11.2. The van der Waals surface area contributed by atoms with Crippen LogP contribution in [-0.2, 0) is 20.9 Å². The lowest BCUT2D eigenvalue weighted by Gasteiger charge is -2.31. The maximum atomic E-state index is 14.2. The maximum absolute atomic E-state index is 14.2. The molecule has 1 N–H and O–H groups in total. The number of nitro groups is 1. The molecule has 5 aromatic rings. The largest absolute Gasteiger partial charge is 0.493 e. The minimum atomic E-state index is -0.943. The van der Waals surface area contributed by atoms with Crippen molar-refractivity contribution in [2.45, 2.75) is 22.7 Å². The second kappa shape index (κ2) is 12.3. The number of thioether (sulfide) groups is 1. The average molecular weight is 683 g/mol. The Hall–Kier alpha value is -5.47. The van der Waals surface area contributed by atoms with Gasteiger partial charge in [0.2, 0.25) is 17.7 Å². The lowest BCUT2D eigenvalue weighted by Crippen LogP contribution is -2.33. The molecule has 3 heterocycles. The average Bonchev–Trinajstić information content (AvgIpc) is 3.53. The maximum Gasteiger partial charge on any atom is 0.308 e. The Balaban J connectivity index is 1.28. The molecule has 242 valence electrons. The smallest absolute Gasteiger partial charge is 0.308 e. The quantitative estimate of drug-likeness (QED) is 0.129. The van der Waals surface area contributed by atoms with Crippen LogP contribution in [-0.4, -0.2) is 46.7 Å². The van der Waals surface area contributed by atoms with Gasteiger partial charge in [0.25, 0.3) is 5.69 Å². The van der Waals surface area contributed by atoms with Crippen molar-refractivity contribution in [1.82, 2.24) is 4.57 Å². The van der Waals surface area contributed by atoms with Gasteiger partial charge in [-0.1, -0.05) is 59.5 Å². The van der Waals surface area contributed by atoms with Crippen LogP contribution in [0.15, 0.2) is 94.7 Å². The number of methoxy groups -OCH3 is 2. The first-order valence-corrected chi connectivity index (χ1v) is 16.4. The number of anilines is 2. The SMILES string of the molecule is COc1ccc([C@@H]2c3sc(=O)n(CC(=O)Nc4ccc5ccccc5c4)c3S[C@H]3C(=O)N(c4ccc([N+](=O)[O-])cc4)C(=O)[C@@H]23)cc1OC. The summed E-state index contributed by atoms with van der Waals surface area (Å²) in [6.45, 7) is -0.311. The summed E-state index contributed by atoms with van der Waals surface area (Å²) in [5.74, 6) is -2.25. The summed E-state index contributed by atoms with van der Waals surface area (Å²) >= 11 is 2.00. The second-order valence-corrected chi connectivity index (χ2v) is 13.3. The molecular weight excluding hydrogens is 657 g/mol. The van der Waals surface area contributed by atoms with Gasteiger partial charge in [-0.05, 0) is 52.7 Å². The third-order valence-corrected chi connectivity index (χ3v) is 11.1. The molecule has 1 fully saturated rings. The highest BCUT2D eigenvalue weighted by Gasteiger charge is 2.57. The fourth-order valence-electron chi connectivity index (χ4n) is 6.25. The summed E-state index contributed by atoms with van der Waals surface area (Å²) < 4.78 is 12.3. The van der Waals surface area contributed by atoms with Crippen molar-refractivity contribution in [1.29, 1.82) is 0 Å². The van der Waals surface area contributed by atoms with Gasteiger partial charge in [0.15, 0.2) is 11.5 Å². The third kappa shape index (κ3) is 5.28. The number of fused-ring (bicyclic) bond motifs is 3. The number of benzene rings is 4. The molecule has 0 spiro atoms. The minimum Gasteiger partial charge on any atom is -0.493 e. The molecule has 12 nitrogen and oxygen atoms in total. The number of carbonyl (C=O) groups is 3. The van der Waals surface area contributed by atoms with Crippen LogP contribution >= 0.6 is 23.1 Å². The molecule has 48 heavy (non-hydrogen) atoms. The molecule has 0 aliphatic carbocycles. The number of aromatic nitrogens is 1. The van der Waals surface area contributed by atoms with Crippen LogP contribution < -0.4 is 24.6 Å². The van der Waals surface area contributed by atoms with Gasteiger partial charge in [0.1, 0.15) is 11.8 Å². The number of hydrogen-bond acceptors (Lipinski definition) is 10. The number of nitrogens with one attached hydrogen (secondary N) is 1. The van der Waals surface area contributed by atoms with Gasteiger partial charge in [-0.15, -0.1) is 0 Å². The minimum absolute atomic E-state index is 0.180. The fraction of sp³-hybridized carbons (Fsp3) is 0.176. The third-order valence-electron chi connectivity index (χ3n) is 8.47. The predicted molar refractivity (Wildman–Crippen MR) is 181 cm³/mol. The van der Waals surface area contributed by atoms with Crippen LogP contribution in [0.3, 0.4) is 0 Å². The van der Waals surface area contributed by atoms with E-state index in [9.17, 15) is 29.3 Å². The number of non-ortho nitro benzene ring substituents is 1. The first-order valence-electron chi connectivity index (χ1n) is 14.7. The van der Waals surface area contributed by atoms with Gasteiger partial charge >= 0.3 is 4.87 Å². The Labute approximate surface area is 281 Å². The number of imide groups is 1. The number of hydrogen-bond donors (Lipinski definition) is 1. The van der Waals surface area contributed by atoms with Crippen LogP contribution in [0, 0.1) is 16.0 Å². The van der Waals surface area contributed by atoms with Crippen LogP contribution in [0.4, 0.5) is 17.1 Å². The number of carbonyl (C=O) groups excluding carboxylic acids is 3. The first kappa shape index (κ1) is 31.1. The highest BCUT2D eigenvalue weighted by molar-refractivity contribution is 8.00. The van der Waals surface area contributed by atoms with E-state index >= 15 is 0 Å². The first-order chi connectivity index (χ1) is 23.2. The van der Waals surface area contributed by atoms with Crippen LogP contribution in [0.1, 0.15) is 16.4 Å². The monoisotopic (exact) mass is 682 g/mol. The van der Waals surface area contributed by atoms with Gasteiger partial charge < -0.3 is 14.8 Å². The summed E-state index contributed by atoms with van der Waals surface area (Å²) in [5.41, 5.74) is 1.21. The Morgan fingerprint density at radius 2 is 1.62 bits per heavy atom. The molecular formula is C34H26N4O8S2. The molecule has 3 amide bonds. The van der Waals surface area contributed by atoms with E-state index in [1.165, 1.54) is 43.1 Å². The van der Waals surface area contributed by atoms with Gasteiger partial charge in [0.05, 0.1) is 35.8 Å². The van der Waals surface area contributed by atoms with E-state index in [1.807, 2.05) is 36.4 Å². The van der Waals surface area contributed by atoms with Crippen molar-refractivity contribution in [3.8, 4) is 11.5 Å². The Morgan fingerprint density at radius 3 is 2.33 bits per heavy atom. The number of nitrogens with zero attached hydrogens (tertiary/aromatic N) is 3. The molecule has 0 radical (unpaired) electrons. The molecule has 7 rings (SSSR count). The molecule has 4 aromatic carbocycles. The van der Waals surface area contributed by atoms with E-state index in [1.54, 1.807) is 24.3 Å². The highest BCUT2D eigenvalue weighted by Crippen LogP contribution is 2.54. The van der Waals surface area contributed by atoms with Gasteiger partial charge in [0, 0.05) is 28.6 Å². The molecule has 1 saturated heterocycles. The number of ether oxygens (including phenoxy) is 2. The molecule has 0 saturated carbocycles. The van der Waals surface area contributed by atoms with E-state index in [2.05, 4.69) is 5.32 Å². The van der Waals surface area contributed by atoms with E-state index in [-0.39, 0.29) is 17.9 Å². The van der Waals surface area contributed by atoms with Crippen LogP contribution in [0.5, 0.6) is 11.5 Å². The molecule has 2 aliphatic heterocycles. The zero-order valence-corrected chi connectivity index (χ0v) is 27.1. The normalized spacial score (nSPS) is 18.4. The van der Waals surface area contributed by atoms with Crippen molar-refractivity contribution in [2.75, 3.05) is 24.4 Å². The fourth-order valence-corrected chi connectivity index (χ4v) is 9.02. The predicted octanol–water partition coefficient (Wildman–Crippen LogP) is 5.42. The molecule has 14 heteroatoms. The molecule has 3 atom stereocenters. The van der Waals surface area contributed by atoms with Crippen LogP contribution in [0.25, 0.3) is 10.8 Å². The molecule has 0 unspecified atom stereocenters. The Bertz CT molecular complexity index is 2200.